The highest BCUT2D eigenvalue weighted by atomic mass is 16.2. The third-order valence-corrected chi connectivity index (χ3v) is 4.55. The minimum Gasteiger partial charge on any atom is -0.340 e. The van der Waals surface area contributed by atoms with Crippen LogP contribution in [0.2, 0.25) is 0 Å². The monoisotopic (exact) mass is 267 g/mol. The summed E-state index contributed by atoms with van der Waals surface area (Å²) in [7, 11) is 0. The molecule has 0 aromatic carbocycles. The van der Waals surface area contributed by atoms with Crippen LogP contribution in [-0.4, -0.2) is 23.4 Å². The van der Waals surface area contributed by atoms with Gasteiger partial charge in [-0.3, -0.25) is 4.79 Å². The lowest BCUT2D eigenvalue weighted by Gasteiger charge is -2.36. The van der Waals surface area contributed by atoms with E-state index in [0.29, 0.717) is 17.9 Å². The minimum atomic E-state index is 0.357. The predicted molar refractivity (Wildman–Crippen MR) is 82.2 cm³/mol. The Morgan fingerprint density at radius 2 is 1.68 bits per heavy atom. The Kier molecular flexibility index (Phi) is 8.16. The van der Waals surface area contributed by atoms with Gasteiger partial charge in [0.1, 0.15) is 0 Å². The minimum absolute atomic E-state index is 0.357. The smallest absolute Gasteiger partial charge is 0.225 e. The molecule has 0 bridgehead atoms. The summed E-state index contributed by atoms with van der Waals surface area (Å²) >= 11 is 0. The molecule has 1 atom stereocenters. The maximum atomic E-state index is 12.5. The SMILES string of the molecule is CCCCCC(CCCC)N(CC)C(=O)C1CCC1. The molecule has 0 saturated heterocycles. The second-order valence-electron chi connectivity index (χ2n) is 6.04. The summed E-state index contributed by atoms with van der Waals surface area (Å²) in [5.41, 5.74) is 0. The van der Waals surface area contributed by atoms with Crippen LogP contribution in [0.3, 0.4) is 0 Å². The van der Waals surface area contributed by atoms with Crippen molar-refractivity contribution in [3.63, 3.8) is 0 Å². The fourth-order valence-corrected chi connectivity index (χ4v) is 3.01. The Bertz CT molecular complexity index is 248. The average molecular weight is 267 g/mol. The third kappa shape index (κ3) is 5.16. The normalized spacial score (nSPS) is 17.0. The maximum Gasteiger partial charge on any atom is 0.225 e. The van der Waals surface area contributed by atoms with Crippen molar-refractivity contribution in [2.75, 3.05) is 6.54 Å². The highest BCUT2D eigenvalue weighted by molar-refractivity contribution is 5.79. The van der Waals surface area contributed by atoms with Gasteiger partial charge in [0.2, 0.25) is 5.91 Å². The maximum absolute atomic E-state index is 12.5. The molecule has 0 N–H and O–H groups in total. The van der Waals surface area contributed by atoms with E-state index in [0.717, 1.165) is 19.4 Å². The van der Waals surface area contributed by atoms with E-state index in [1.165, 1.54) is 51.4 Å². The summed E-state index contributed by atoms with van der Waals surface area (Å²) in [6.45, 7) is 7.54. The van der Waals surface area contributed by atoms with Gasteiger partial charge in [0.05, 0.1) is 0 Å². The molecule has 0 radical (unpaired) electrons. The van der Waals surface area contributed by atoms with E-state index in [4.69, 9.17) is 0 Å². The van der Waals surface area contributed by atoms with Crippen LogP contribution >= 0.6 is 0 Å². The number of nitrogens with zero attached hydrogens (tertiary/aromatic N) is 1. The number of amides is 1. The Hall–Kier alpha value is -0.530. The van der Waals surface area contributed by atoms with Crippen LogP contribution in [0.4, 0.5) is 0 Å². The lowest BCUT2D eigenvalue weighted by atomic mass is 9.83. The molecule has 1 aliphatic carbocycles. The van der Waals surface area contributed by atoms with Gasteiger partial charge in [0, 0.05) is 18.5 Å². The summed E-state index contributed by atoms with van der Waals surface area (Å²) in [5, 5.41) is 0. The third-order valence-electron chi connectivity index (χ3n) is 4.55. The number of carbonyl (C=O) groups excluding carboxylic acids is 1. The summed E-state index contributed by atoms with van der Waals surface area (Å²) in [4.78, 5) is 14.7. The lowest BCUT2D eigenvalue weighted by molar-refractivity contribution is -0.140. The van der Waals surface area contributed by atoms with E-state index >= 15 is 0 Å². The molecule has 0 aliphatic heterocycles. The topological polar surface area (TPSA) is 20.3 Å². The Morgan fingerprint density at radius 3 is 2.16 bits per heavy atom. The Morgan fingerprint density at radius 1 is 1.05 bits per heavy atom. The molecule has 1 amide bonds. The van der Waals surface area contributed by atoms with Crippen LogP contribution in [0, 0.1) is 5.92 Å². The van der Waals surface area contributed by atoms with Crippen molar-refractivity contribution in [1.29, 1.82) is 0 Å². The summed E-state index contributed by atoms with van der Waals surface area (Å²) in [5.74, 6) is 0.807. The largest absolute Gasteiger partial charge is 0.340 e. The molecule has 1 rings (SSSR count). The van der Waals surface area contributed by atoms with Gasteiger partial charge < -0.3 is 4.90 Å². The van der Waals surface area contributed by atoms with E-state index in [9.17, 15) is 4.79 Å². The quantitative estimate of drug-likeness (QED) is 0.522. The molecule has 1 unspecified atom stereocenters. The van der Waals surface area contributed by atoms with Crippen molar-refractivity contribution in [3.8, 4) is 0 Å². The van der Waals surface area contributed by atoms with E-state index in [-0.39, 0.29) is 0 Å². The first-order valence-electron chi connectivity index (χ1n) is 8.55. The Labute approximate surface area is 119 Å². The number of unbranched alkanes of at least 4 members (excludes halogenated alkanes) is 3. The van der Waals surface area contributed by atoms with Crippen LogP contribution in [0.1, 0.15) is 85.0 Å². The molecule has 0 aromatic heterocycles. The van der Waals surface area contributed by atoms with Gasteiger partial charge in [-0.05, 0) is 32.6 Å². The van der Waals surface area contributed by atoms with Gasteiger partial charge in [0.15, 0.2) is 0 Å². The van der Waals surface area contributed by atoms with Crippen molar-refractivity contribution >= 4 is 5.91 Å². The fraction of sp³-hybridized carbons (Fsp3) is 0.941. The van der Waals surface area contributed by atoms with E-state index < -0.39 is 0 Å². The van der Waals surface area contributed by atoms with E-state index in [1.807, 2.05) is 0 Å². The van der Waals surface area contributed by atoms with Crippen LogP contribution in [0.25, 0.3) is 0 Å². The van der Waals surface area contributed by atoms with Crippen LogP contribution in [0.15, 0.2) is 0 Å². The molecule has 0 heterocycles. The molecule has 0 spiro atoms. The zero-order valence-corrected chi connectivity index (χ0v) is 13.3. The molecular weight excluding hydrogens is 234 g/mol. The van der Waals surface area contributed by atoms with Gasteiger partial charge in [0.25, 0.3) is 0 Å². The zero-order valence-electron chi connectivity index (χ0n) is 13.3. The molecule has 1 saturated carbocycles. The van der Waals surface area contributed by atoms with Crippen molar-refractivity contribution < 1.29 is 4.79 Å². The summed E-state index contributed by atoms with van der Waals surface area (Å²) < 4.78 is 0. The molecule has 19 heavy (non-hydrogen) atoms. The van der Waals surface area contributed by atoms with Crippen molar-refractivity contribution in [2.24, 2.45) is 5.92 Å². The predicted octanol–water partition coefficient (Wildman–Crippen LogP) is 4.77. The molecule has 1 aliphatic rings. The van der Waals surface area contributed by atoms with Gasteiger partial charge >= 0.3 is 0 Å². The molecule has 2 heteroatoms. The number of carbonyl (C=O) groups is 1. The van der Waals surface area contributed by atoms with Gasteiger partial charge in [-0.1, -0.05) is 52.4 Å². The van der Waals surface area contributed by atoms with Gasteiger partial charge in [-0.2, -0.15) is 0 Å². The van der Waals surface area contributed by atoms with Crippen molar-refractivity contribution in [2.45, 2.75) is 91.0 Å². The average Bonchev–Trinajstić information content (AvgIpc) is 2.34. The summed E-state index contributed by atoms with van der Waals surface area (Å²) in [6.07, 6.45) is 12.3. The number of hydrogen-bond donors (Lipinski definition) is 0. The van der Waals surface area contributed by atoms with Gasteiger partial charge in [-0.25, -0.2) is 0 Å². The Balaban J connectivity index is 2.53. The molecule has 1 fully saturated rings. The van der Waals surface area contributed by atoms with Crippen LogP contribution in [0.5, 0.6) is 0 Å². The number of rotatable bonds is 10. The first kappa shape index (κ1) is 16.5. The van der Waals surface area contributed by atoms with E-state index in [2.05, 4.69) is 25.7 Å². The first-order chi connectivity index (χ1) is 9.24. The van der Waals surface area contributed by atoms with Crippen LogP contribution in [-0.2, 0) is 4.79 Å². The first-order valence-corrected chi connectivity index (χ1v) is 8.55. The second-order valence-corrected chi connectivity index (χ2v) is 6.04. The highest BCUT2D eigenvalue weighted by Gasteiger charge is 2.31. The highest BCUT2D eigenvalue weighted by Crippen LogP contribution is 2.30. The molecular formula is C17H33NO. The fourth-order valence-electron chi connectivity index (χ4n) is 3.01. The zero-order chi connectivity index (χ0) is 14.1. The van der Waals surface area contributed by atoms with Gasteiger partial charge in [-0.15, -0.1) is 0 Å². The van der Waals surface area contributed by atoms with E-state index in [1.54, 1.807) is 0 Å². The van der Waals surface area contributed by atoms with Crippen molar-refractivity contribution in [3.05, 3.63) is 0 Å². The molecule has 2 nitrogen and oxygen atoms in total. The summed E-state index contributed by atoms with van der Waals surface area (Å²) in [6, 6.07) is 0.504. The van der Waals surface area contributed by atoms with Crippen molar-refractivity contribution in [1.82, 2.24) is 4.90 Å². The second kappa shape index (κ2) is 9.39. The molecule has 112 valence electrons. The number of hydrogen-bond acceptors (Lipinski definition) is 1. The lowest BCUT2D eigenvalue weighted by Crippen LogP contribution is -2.45. The molecule has 0 aromatic rings. The standard InChI is InChI=1S/C17H33NO/c1-4-7-9-14-16(13-8-5-2)18(6-3)17(19)15-11-10-12-15/h15-16H,4-14H2,1-3H3. The van der Waals surface area contributed by atoms with Crippen LogP contribution < -0.4 is 0 Å².